The van der Waals surface area contributed by atoms with Crippen molar-refractivity contribution in [3.8, 4) is 5.75 Å². The summed E-state index contributed by atoms with van der Waals surface area (Å²) in [6.45, 7) is 0.194. The highest BCUT2D eigenvalue weighted by molar-refractivity contribution is 7.16. The minimum absolute atomic E-state index is 0.0213. The first-order chi connectivity index (χ1) is 8.20. The molecular weight excluding hydrogens is 263 g/mol. The predicted molar refractivity (Wildman–Crippen MR) is 65.4 cm³/mol. The molecule has 1 heterocycles. The summed E-state index contributed by atoms with van der Waals surface area (Å²) in [6, 6.07) is 7.77. The Balaban J connectivity index is 2.16. The van der Waals surface area contributed by atoms with Crippen molar-refractivity contribution in [3.63, 3.8) is 0 Å². The summed E-state index contributed by atoms with van der Waals surface area (Å²) in [4.78, 5) is 11.6. The number of aldehydes is 1. The summed E-state index contributed by atoms with van der Waals surface area (Å²) in [6.07, 6.45) is 0.569. The van der Waals surface area contributed by atoms with E-state index in [9.17, 15) is 9.18 Å². The van der Waals surface area contributed by atoms with Crippen LogP contribution in [0.2, 0.25) is 4.34 Å². The van der Waals surface area contributed by atoms with Crippen LogP contribution in [0.15, 0.2) is 30.3 Å². The Bertz CT molecular complexity index is 539. The Morgan fingerprint density at radius 2 is 2.18 bits per heavy atom. The third-order valence-corrected chi connectivity index (χ3v) is 3.32. The molecular formula is C12H8ClFO2S. The van der Waals surface area contributed by atoms with Crippen molar-refractivity contribution >= 4 is 29.2 Å². The van der Waals surface area contributed by atoms with Gasteiger partial charge in [-0.1, -0.05) is 17.7 Å². The molecule has 0 saturated heterocycles. The monoisotopic (exact) mass is 270 g/mol. The van der Waals surface area contributed by atoms with Gasteiger partial charge in [-0.05, 0) is 24.3 Å². The summed E-state index contributed by atoms with van der Waals surface area (Å²) in [5.74, 6) is -0.565. The molecule has 0 aliphatic rings. The first-order valence-corrected chi connectivity index (χ1v) is 6.01. The van der Waals surface area contributed by atoms with E-state index in [1.165, 1.54) is 29.5 Å². The Labute approximate surface area is 107 Å². The average Bonchev–Trinajstić information content (AvgIpc) is 2.73. The lowest BCUT2D eigenvalue weighted by atomic mass is 10.2. The standard InChI is InChI=1S/C12H8ClFO2S/c13-11-5-4-9(17-11)7-16-12-8(6-15)2-1-3-10(12)14/h1-6H,7H2. The van der Waals surface area contributed by atoms with Crippen molar-refractivity contribution in [1.29, 1.82) is 0 Å². The number of carbonyl (C=O) groups excluding carboxylic acids is 1. The Hall–Kier alpha value is -1.39. The molecule has 0 fully saturated rings. The summed E-state index contributed by atoms with van der Waals surface area (Å²) in [5.41, 5.74) is 0.202. The number of para-hydroxylation sites is 1. The quantitative estimate of drug-likeness (QED) is 0.787. The topological polar surface area (TPSA) is 26.3 Å². The van der Waals surface area contributed by atoms with Gasteiger partial charge in [0.05, 0.1) is 9.90 Å². The lowest BCUT2D eigenvalue weighted by Crippen LogP contribution is -1.99. The molecule has 0 radical (unpaired) electrons. The number of hydrogen-bond donors (Lipinski definition) is 0. The van der Waals surface area contributed by atoms with E-state index in [1.807, 2.05) is 0 Å². The van der Waals surface area contributed by atoms with E-state index < -0.39 is 5.82 Å². The minimum Gasteiger partial charge on any atom is -0.484 e. The third-order valence-electron chi connectivity index (χ3n) is 2.11. The number of thiophene rings is 1. The zero-order chi connectivity index (χ0) is 12.3. The van der Waals surface area contributed by atoms with Crippen molar-refractivity contribution in [2.24, 2.45) is 0 Å². The molecule has 0 unspecified atom stereocenters. The van der Waals surface area contributed by atoms with Gasteiger partial charge in [0.15, 0.2) is 17.9 Å². The van der Waals surface area contributed by atoms with E-state index in [2.05, 4.69) is 0 Å². The summed E-state index contributed by atoms with van der Waals surface area (Å²) < 4.78 is 19.4. The van der Waals surface area contributed by atoms with E-state index in [4.69, 9.17) is 16.3 Å². The number of hydrogen-bond acceptors (Lipinski definition) is 3. The van der Waals surface area contributed by atoms with Crippen LogP contribution in [0, 0.1) is 5.82 Å². The summed E-state index contributed by atoms with van der Waals surface area (Å²) in [5, 5.41) is 0. The molecule has 88 valence electrons. The van der Waals surface area contributed by atoms with Gasteiger partial charge in [-0.2, -0.15) is 0 Å². The van der Waals surface area contributed by atoms with Crippen molar-refractivity contribution < 1.29 is 13.9 Å². The summed E-state index contributed by atoms with van der Waals surface area (Å²) in [7, 11) is 0. The van der Waals surface area contributed by atoms with E-state index in [0.717, 1.165) is 4.88 Å². The first-order valence-electron chi connectivity index (χ1n) is 4.81. The number of halogens is 2. The zero-order valence-corrected chi connectivity index (χ0v) is 10.2. The zero-order valence-electron chi connectivity index (χ0n) is 8.65. The number of rotatable bonds is 4. The van der Waals surface area contributed by atoms with Gasteiger partial charge >= 0.3 is 0 Å². The molecule has 0 amide bonds. The van der Waals surface area contributed by atoms with Crippen LogP contribution >= 0.6 is 22.9 Å². The lowest BCUT2D eigenvalue weighted by Gasteiger charge is -2.07. The highest BCUT2D eigenvalue weighted by Gasteiger charge is 2.09. The molecule has 0 bridgehead atoms. The van der Waals surface area contributed by atoms with E-state index in [-0.39, 0.29) is 17.9 Å². The van der Waals surface area contributed by atoms with Crippen molar-refractivity contribution in [1.82, 2.24) is 0 Å². The van der Waals surface area contributed by atoms with Crippen LogP contribution in [0.3, 0.4) is 0 Å². The van der Waals surface area contributed by atoms with E-state index in [0.29, 0.717) is 10.6 Å². The molecule has 0 spiro atoms. The first kappa shape index (κ1) is 12.1. The second-order valence-electron chi connectivity index (χ2n) is 3.27. The Kier molecular flexibility index (Phi) is 3.76. The number of benzene rings is 1. The second-order valence-corrected chi connectivity index (χ2v) is 5.07. The normalized spacial score (nSPS) is 10.2. The van der Waals surface area contributed by atoms with Crippen molar-refractivity contribution in [3.05, 3.63) is 50.9 Å². The van der Waals surface area contributed by atoms with Crippen LogP contribution in [0.5, 0.6) is 5.75 Å². The lowest BCUT2D eigenvalue weighted by molar-refractivity contribution is 0.111. The SMILES string of the molecule is O=Cc1cccc(F)c1OCc1ccc(Cl)s1. The average molecular weight is 271 g/mol. The smallest absolute Gasteiger partial charge is 0.165 e. The van der Waals surface area contributed by atoms with Gasteiger partial charge in [-0.25, -0.2) is 4.39 Å². The fourth-order valence-corrected chi connectivity index (χ4v) is 2.34. The molecule has 1 aromatic heterocycles. The van der Waals surface area contributed by atoms with Gasteiger partial charge < -0.3 is 4.74 Å². The maximum Gasteiger partial charge on any atom is 0.165 e. The van der Waals surface area contributed by atoms with Crippen LogP contribution < -0.4 is 4.74 Å². The molecule has 1 aromatic carbocycles. The number of ether oxygens (including phenoxy) is 1. The molecule has 0 aliphatic heterocycles. The second kappa shape index (κ2) is 5.29. The maximum absolute atomic E-state index is 13.4. The van der Waals surface area contributed by atoms with Crippen LogP contribution in [0.25, 0.3) is 0 Å². The van der Waals surface area contributed by atoms with Crippen LogP contribution in [-0.4, -0.2) is 6.29 Å². The molecule has 17 heavy (non-hydrogen) atoms. The number of carbonyl (C=O) groups is 1. The van der Waals surface area contributed by atoms with Gasteiger partial charge in [0, 0.05) is 4.88 Å². The van der Waals surface area contributed by atoms with Crippen molar-refractivity contribution in [2.75, 3.05) is 0 Å². The summed E-state index contributed by atoms with van der Waals surface area (Å²) >= 11 is 7.12. The molecule has 0 atom stereocenters. The molecule has 2 rings (SSSR count). The van der Waals surface area contributed by atoms with Gasteiger partial charge in [0.25, 0.3) is 0 Å². The Morgan fingerprint density at radius 1 is 1.35 bits per heavy atom. The van der Waals surface area contributed by atoms with Crippen molar-refractivity contribution in [2.45, 2.75) is 6.61 Å². The molecule has 0 aliphatic carbocycles. The molecule has 5 heteroatoms. The van der Waals surface area contributed by atoms with Gasteiger partial charge in [0.2, 0.25) is 0 Å². The van der Waals surface area contributed by atoms with E-state index >= 15 is 0 Å². The fraction of sp³-hybridized carbons (Fsp3) is 0.0833. The Morgan fingerprint density at radius 3 is 2.82 bits per heavy atom. The molecule has 2 nitrogen and oxygen atoms in total. The molecule has 2 aromatic rings. The van der Waals surface area contributed by atoms with Gasteiger partial charge in [-0.15, -0.1) is 11.3 Å². The van der Waals surface area contributed by atoms with Crippen LogP contribution in [0.1, 0.15) is 15.2 Å². The van der Waals surface area contributed by atoms with E-state index in [1.54, 1.807) is 12.1 Å². The largest absolute Gasteiger partial charge is 0.484 e. The van der Waals surface area contributed by atoms with Crippen LogP contribution in [0.4, 0.5) is 4.39 Å². The third kappa shape index (κ3) is 2.84. The maximum atomic E-state index is 13.4. The van der Waals surface area contributed by atoms with Crippen LogP contribution in [-0.2, 0) is 6.61 Å². The predicted octanol–water partition coefficient (Wildman–Crippen LogP) is 3.93. The van der Waals surface area contributed by atoms with Gasteiger partial charge in [0.1, 0.15) is 6.61 Å². The highest BCUT2D eigenvalue weighted by atomic mass is 35.5. The fourth-order valence-electron chi connectivity index (χ4n) is 1.34. The van der Waals surface area contributed by atoms with Gasteiger partial charge in [-0.3, -0.25) is 4.79 Å². The molecule has 0 N–H and O–H groups in total. The molecule has 0 saturated carbocycles. The minimum atomic E-state index is -0.544. The highest BCUT2D eigenvalue weighted by Crippen LogP contribution is 2.25.